The molecule has 1 aromatic carbocycles. The van der Waals surface area contributed by atoms with E-state index >= 15 is 0 Å². The normalized spacial score (nSPS) is 12.9. The fourth-order valence-corrected chi connectivity index (χ4v) is 2.78. The molecule has 0 aliphatic rings. The summed E-state index contributed by atoms with van der Waals surface area (Å²) < 4.78 is 36.3. The van der Waals surface area contributed by atoms with Crippen LogP contribution in [0.2, 0.25) is 0 Å². The lowest BCUT2D eigenvalue weighted by Crippen LogP contribution is -2.09. The number of rotatable bonds is 5. The van der Waals surface area contributed by atoms with Crippen molar-refractivity contribution in [3.63, 3.8) is 0 Å². The summed E-state index contributed by atoms with van der Waals surface area (Å²) in [6.45, 7) is 3.51. The van der Waals surface area contributed by atoms with Gasteiger partial charge in [0.1, 0.15) is 5.82 Å². The average Bonchev–Trinajstić information content (AvgIpc) is 2.48. The molecule has 1 aromatic heterocycles. The van der Waals surface area contributed by atoms with Gasteiger partial charge >= 0.3 is 0 Å². The molecule has 0 fully saturated rings. The molecule has 0 spiro atoms. The van der Waals surface area contributed by atoms with Crippen molar-refractivity contribution in [3.05, 3.63) is 54.1 Å². The largest absolute Gasteiger partial charge is 0.377 e. The van der Waals surface area contributed by atoms with Crippen LogP contribution in [0.3, 0.4) is 0 Å². The van der Waals surface area contributed by atoms with E-state index < -0.39 is 9.84 Å². The Kier molecular flexibility index (Phi) is 4.57. The van der Waals surface area contributed by atoms with Crippen LogP contribution in [0.25, 0.3) is 0 Å². The lowest BCUT2D eigenvalue weighted by molar-refractivity contribution is 0.597. The fraction of sp³-hybridized carbons (Fsp3) is 0.267. The molecule has 1 heterocycles. The maximum Gasteiger partial charge on any atom is 0.178 e. The van der Waals surface area contributed by atoms with Crippen molar-refractivity contribution in [2.24, 2.45) is 0 Å². The Morgan fingerprint density at radius 2 is 1.86 bits per heavy atom. The fourth-order valence-electron chi connectivity index (χ4n) is 1.89. The maximum atomic E-state index is 12.8. The standard InChI is InChI=1S/C15H17FN2O2S/c1-3-21(19,20)14-7-5-13(6-8-14)18-11(2)15-9-4-12(16)10-17-15/h4-11,18H,3H2,1-2H3. The highest BCUT2D eigenvalue weighted by Crippen LogP contribution is 2.20. The number of halogens is 1. The van der Waals surface area contributed by atoms with Gasteiger partial charge in [0.05, 0.1) is 28.6 Å². The van der Waals surface area contributed by atoms with E-state index in [0.29, 0.717) is 10.6 Å². The zero-order valence-corrected chi connectivity index (χ0v) is 12.7. The zero-order valence-electron chi connectivity index (χ0n) is 11.9. The molecule has 1 N–H and O–H groups in total. The van der Waals surface area contributed by atoms with E-state index in [0.717, 1.165) is 5.69 Å². The van der Waals surface area contributed by atoms with Crippen molar-refractivity contribution >= 4 is 15.5 Å². The van der Waals surface area contributed by atoms with Gasteiger partial charge in [-0.3, -0.25) is 4.98 Å². The van der Waals surface area contributed by atoms with Gasteiger partial charge in [-0.25, -0.2) is 12.8 Å². The van der Waals surface area contributed by atoms with E-state index in [1.54, 1.807) is 37.3 Å². The van der Waals surface area contributed by atoms with E-state index in [2.05, 4.69) is 10.3 Å². The van der Waals surface area contributed by atoms with E-state index in [1.807, 2.05) is 6.92 Å². The van der Waals surface area contributed by atoms with Crippen LogP contribution in [-0.2, 0) is 9.84 Å². The molecule has 0 amide bonds. The third-order valence-electron chi connectivity index (χ3n) is 3.17. The topological polar surface area (TPSA) is 59.1 Å². The van der Waals surface area contributed by atoms with Crippen molar-refractivity contribution < 1.29 is 12.8 Å². The minimum atomic E-state index is -3.18. The van der Waals surface area contributed by atoms with Crippen LogP contribution in [-0.4, -0.2) is 19.2 Å². The van der Waals surface area contributed by atoms with Gasteiger partial charge < -0.3 is 5.32 Å². The van der Waals surface area contributed by atoms with Gasteiger partial charge in [-0.1, -0.05) is 6.92 Å². The molecule has 0 radical (unpaired) electrons. The first kappa shape index (κ1) is 15.4. The Morgan fingerprint density at radius 3 is 2.38 bits per heavy atom. The molecule has 0 saturated heterocycles. The Hall–Kier alpha value is -1.95. The number of hydrogen-bond donors (Lipinski definition) is 1. The molecule has 6 heteroatoms. The molecule has 4 nitrogen and oxygen atoms in total. The van der Waals surface area contributed by atoms with Crippen molar-refractivity contribution in [2.75, 3.05) is 11.1 Å². The summed E-state index contributed by atoms with van der Waals surface area (Å²) in [5.74, 6) is -0.296. The molecule has 112 valence electrons. The molecule has 0 aliphatic heterocycles. The Labute approximate surface area is 124 Å². The first-order valence-electron chi connectivity index (χ1n) is 6.63. The SMILES string of the molecule is CCS(=O)(=O)c1ccc(NC(C)c2ccc(F)cn2)cc1. The molecule has 1 atom stereocenters. The van der Waals surface area contributed by atoms with E-state index in [1.165, 1.54) is 12.3 Å². The molecule has 0 aliphatic carbocycles. The molecular weight excluding hydrogens is 291 g/mol. The second-order valence-corrected chi connectivity index (χ2v) is 6.97. The van der Waals surface area contributed by atoms with Crippen LogP contribution in [0, 0.1) is 5.82 Å². The van der Waals surface area contributed by atoms with Gasteiger partial charge in [-0.05, 0) is 43.3 Å². The van der Waals surface area contributed by atoms with Crippen molar-refractivity contribution in [3.8, 4) is 0 Å². The maximum absolute atomic E-state index is 12.8. The van der Waals surface area contributed by atoms with Crippen LogP contribution in [0.4, 0.5) is 10.1 Å². The number of sulfone groups is 1. The summed E-state index contributed by atoms with van der Waals surface area (Å²) in [4.78, 5) is 4.32. The average molecular weight is 308 g/mol. The highest BCUT2D eigenvalue weighted by molar-refractivity contribution is 7.91. The lowest BCUT2D eigenvalue weighted by atomic mass is 10.2. The molecule has 0 bridgehead atoms. The Bertz CT molecular complexity index is 697. The number of aromatic nitrogens is 1. The Balaban J connectivity index is 2.11. The predicted octanol–water partition coefficient (Wildman–Crippen LogP) is 3.19. The molecule has 0 saturated carbocycles. The molecule has 2 rings (SSSR count). The highest BCUT2D eigenvalue weighted by Gasteiger charge is 2.12. The second kappa shape index (κ2) is 6.22. The van der Waals surface area contributed by atoms with Gasteiger partial charge in [0.2, 0.25) is 0 Å². The minimum absolute atomic E-state index is 0.0790. The van der Waals surface area contributed by atoms with Gasteiger partial charge in [0.25, 0.3) is 0 Å². The highest BCUT2D eigenvalue weighted by atomic mass is 32.2. The van der Waals surface area contributed by atoms with Crippen LogP contribution < -0.4 is 5.32 Å². The van der Waals surface area contributed by atoms with E-state index in [-0.39, 0.29) is 17.6 Å². The summed E-state index contributed by atoms with van der Waals surface area (Å²) in [5, 5.41) is 3.19. The monoisotopic (exact) mass is 308 g/mol. The van der Waals surface area contributed by atoms with Gasteiger partial charge in [-0.2, -0.15) is 0 Å². The summed E-state index contributed by atoms with van der Waals surface area (Å²) in [7, 11) is -3.18. The summed E-state index contributed by atoms with van der Waals surface area (Å²) in [6.07, 6.45) is 1.17. The van der Waals surface area contributed by atoms with Crippen LogP contribution >= 0.6 is 0 Å². The van der Waals surface area contributed by atoms with E-state index in [4.69, 9.17) is 0 Å². The number of pyridine rings is 1. The third kappa shape index (κ3) is 3.78. The first-order chi connectivity index (χ1) is 9.92. The van der Waals surface area contributed by atoms with Gasteiger partial charge in [0.15, 0.2) is 9.84 Å². The van der Waals surface area contributed by atoms with Crippen molar-refractivity contribution in [1.29, 1.82) is 0 Å². The Morgan fingerprint density at radius 1 is 1.19 bits per heavy atom. The minimum Gasteiger partial charge on any atom is -0.377 e. The quantitative estimate of drug-likeness (QED) is 0.921. The van der Waals surface area contributed by atoms with Crippen LogP contribution in [0.15, 0.2) is 47.5 Å². The van der Waals surface area contributed by atoms with Crippen LogP contribution in [0.5, 0.6) is 0 Å². The van der Waals surface area contributed by atoms with Gasteiger partial charge in [-0.15, -0.1) is 0 Å². The number of benzene rings is 1. The molecule has 1 unspecified atom stereocenters. The summed E-state index contributed by atoms with van der Waals surface area (Å²) in [6, 6.07) is 9.43. The smallest absolute Gasteiger partial charge is 0.178 e. The van der Waals surface area contributed by atoms with Crippen LogP contribution in [0.1, 0.15) is 25.6 Å². The van der Waals surface area contributed by atoms with E-state index in [9.17, 15) is 12.8 Å². The third-order valence-corrected chi connectivity index (χ3v) is 4.92. The summed E-state index contributed by atoms with van der Waals surface area (Å²) in [5.41, 5.74) is 1.49. The number of nitrogens with zero attached hydrogens (tertiary/aromatic N) is 1. The number of nitrogens with one attached hydrogen (secondary N) is 1. The number of anilines is 1. The lowest BCUT2D eigenvalue weighted by Gasteiger charge is -2.15. The first-order valence-corrected chi connectivity index (χ1v) is 8.28. The van der Waals surface area contributed by atoms with Gasteiger partial charge in [0, 0.05) is 5.69 Å². The summed E-state index contributed by atoms with van der Waals surface area (Å²) >= 11 is 0. The second-order valence-electron chi connectivity index (χ2n) is 4.70. The number of hydrogen-bond acceptors (Lipinski definition) is 4. The molecule has 21 heavy (non-hydrogen) atoms. The van der Waals surface area contributed by atoms with Crippen molar-refractivity contribution in [2.45, 2.75) is 24.8 Å². The predicted molar refractivity (Wildman–Crippen MR) is 80.4 cm³/mol. The molecular formula is C15H17FN2O2S. The van der Waals surface area contributed by atoms with Crippen molar-refractivity contribution in [1.82, 2.24) is 4.98 Å². The zero-order chi connectivity index (χ0) is 15.5. The molecule has 2 aromatic rings.